The minimum absolute atomic E-state index is 0.168. The van der Waals surface area contributed by atoms with Crippen LogP contribution in [0.5, 0.6) is 5.75 Å². The van der Waals surface area contributed by atoms with Gasteiger partial charge in [0, 0.05) is 11.4 Å². The van der Waals surface area contributed by atoms with Gasteiger partial charge in [-0.05, 0) is 57.2 Å². The summed E-state index contributed by atoms with van der Waals surface area (Å²) in [5, 5.41) is 5.44. The van der Waals surface area contributed by atoms with Gasteiger partial charge in [-0.2, -0.15) is 0 Å². The number of para-hydroxylation sites is 1. The maximum absolute atomic E-state index is 11.9. The van der Waals surface area contributed by atoms with Crippen LogP contribution in [0.25, 0.3) is 0 Å². The van der Waals surface area contributed by atoms with Gasteiger partial charge in [-0.15, -0.1) is 0 Å². The van der Waals surface area contributed by atoms with Crippen molar-refractivity contribution in [2.45, 2.75) is 81.8 Å². The van der Waals surface area contributed by atoms with Gasteiger partial charge in [0.1, 0.15) is 11.4 Å². The average Bonchev–Trinajstić information content (AvgIpc) is 2.83. The maximum Gasteiger partial charge on any atom is 0.344 e. The topological polar surface area (TPSA) is 76.7 Å². The molecule has 2 amide bonds. The Labute approximate surface area is 202 Å². The van der Waals surface area contributed by atoms with E-state index < -0.39 is 11.6 Å². The molecule has 0 radical (unpaired) electrons. The summed E-state index contributed by atoms with van der Waals surface area (Å²) in [6, 6.07) is 15.5. The zero-order valence-corrected chi connectivity index (χ0v) is 22.5. The number of ether oxygens (including phenoxy) is 2. The highest BCUT2D eigenvalue weighted by molar-refractivity contribution is 5.99. The Morgan fingerprint density at radius 3 is 1.55 bits per heavy atom. The second kappa shape index (κ2) is 22.2. The van der Waals surface area contributed by atoms with Crippen LogP contribution in [0.2, 0.25) is 0 Å². The van der Waals surface area contributed by atoms with Crippen molar-refractivity contribution < 1.29 is 19.1 Å². The van der Waals surface area contributed by atoms with Crippen LogP contribution in [0.4, 0.5) is 16.2 Å². The number of nitrogens with one attached hydrogen (secondary N) is 2. The number of rotatable bonds is 5. The van der Waals surface area contributed by atoms with Gasteiger partial charge in [0.05, 0.1) is 0 Å². The summed E-state index contributed by atoms with van der Waals surface area (Å²) in [6.07, 6.45) is 0. The second-order valence-electron chi connectivity index (χ2n) is 6.34. The van der Waals surface area contributed by atoms with Crippen molar-refractivity contribution in [3.63, 3.8) is 0 Å². The quantitative estimate of drug-likeness (QED) is 0.439. The van der Waals surface area contributed by atoms with Crippen molar-refractivity contribution in [2.75, 3.05) is 17.2 Å². The molecule has 0 spiro atoms. The Kier molecular flexibility index (Phi) is 23.3. The third-order valence-corrected chi connectivity index (χ3v) is 2.92. The van der Waals surface area contributed by atoms with E-state index >= 15 is 0 Å². The van der Waals surface area contributed by atoms with Crippen LogP contribution in [-0.2, 0) is 9.53 Å². The Balaban J connectivity index is -0.00000101. The normalized spacial score (nSPS) is 8.82. The second-order valence-corrected chi connectivity index (χ2v) is 6.34. The third kappa shape index (κ3) is 19.4. The molecule has 2 rings (SSSR count). The predicted octanol–water partition coefficient (Wildman–Crippen LogP) is 8.16. The van der Waals surface area contributed by atoms with E-state index in [1.165, 1.54) is 0 Å². The van der Waals surface area contributed by atoms with Gasteiger partial charge in [0.15, 0.2) is 6.61 Å². The van der Waals surface area contributed by atoms with E-state index in [2.05, 4.69) is 10.6 Å². The highest BCUT2D eigenvalue weighted by atomic mass is 16.6. The molecule has 2 aromatic carbocycles. The SMILES string of the molecule is CC.CC.CC.CC.CC(C)(C)OC(=O)COc1ccc(NC(=O)Nc2ccccc2)cc1. The smallest absolute Gasteiger partial charge is 0.344 e. The Morgan fingerprint density at radius 1 is 0.697 bits per heavy atom. The van der Waals surface area contributed by atoms with Crippen LogP contribution in [-0.4, -0.2) is 24.2 Å². The molecular weight excluding hydrogens is 416 g/mol. The van der Waals surface area contributed by atoms with Crippen molar-refractivity contribution in [1.29, 1.82) is 0 Å². The highest BCUT2D eigenvalue weighted by Gasteiger charge is 2.16. The van der Waals surface area contributed by atoms with Gasteiger partial charge >= 0.3 is 12.0 Å². The number of urea groups is 1. The molecule has 0 fully saturated rings. The molecule has 188 valence electrons. The number of amides is 2. The van der Waals surface area contributed by atoms with E-state index in [0.717, 1.165) is 0 Å². The van der Waals surface area contributed by atoms with E-state index in [9.17, 15) is 9.59 Å². The number of esters is 1. The summed E-state index contributed by atoms with van der Waals surface area (Å²) in [7, 11) is 0. The number of hydrogen-bond acceptors (Lipinski definition) is 4. The van der Waals surface area contributed by atoms with E-state index in [1.54, 1.807) is 57.2 Å². The van der Waals surface area contributed by atoms with E-state index in [1.807, 2.05) is 73.6 Å². The molecule has 0 saturated carbocycles. The predicted molar refractivity (Wildman–Crippen MR) is 142 cm³/mol. The van der Waals surface area contributed by atoms with Gasteiger partial charge in [0.2, 0.25) is 0 Å². The first-order chi connectivity index (χ1) is 15.8. The molecule has 0 saturated heterocycles. The molecule has 0 bridgehead atoms. The first-order valence-corrected chi connectivity index (χ1v) is 11.9. The first kappa shape index (κ1) is 34.6. The summed E-state index contributed by atoms with van der Waals surface area (Å²) >= 11 is 0. The van der Waals surface area contributed by atoms with Crippen molar-refractivity contribution >= 4 is 23.4 Å². The zero-order valence-electron chi connectivity index (χ0n) is 22.5. The van der Waals surface area contributed by atoms with Gasteiger partial charge < -0.3 is 20.1 Å². The standard InChI is InChI=1S/C19H22N2O4.4C2H6/c1-19(2,3)25-17(22)13-24-16-11-9-15(10-12-16)21-18(23)20-14-7-5-4-6-8-14;4*1-2/h4-12H,13H2,1-3H3,(H2,20,21,23);4*1-2H3. The number of carbonyl (C=O) groups excluding carboxylic acids is 2. The van der Waals surface area contributed by atoms with Crippen LogP contribution in [0, 0.1) is 0 Å². The molecule has 33 heavy (non-hydrogen) atoms. The van der Waals surface area contributed by atoms with Crippen molar-refractivity contribution in [3.05, 3.63) is 54.6 Å². The lowest BCUT2D eigenvalue weighted by atomic mass is 10.2. The van der Waals surface area contributed by atoms with E-state index in [-0.39, 0.29) is 12.6 Å². The summed E-state index contributed by atoms with van der Waals surface area (Å²) in [5.74, 6) is 0.0804. The molecule has 0 atom stereocenters. The lowest BCUT2D eigenvalue weighted by molar-refractivity contribution is -0.157. The van der Waals surface area contributed by atoms with E-state index in [4.69, 9.17) is 9.47 Å². The van der Waals surface area contributed by atoms with Gasteiger partial charge in [0.25, 0.3) is 0 Å². The molecule has 0 heterocycles. The van der Waals surface area contributed by atoms with Crippen LogP contribution in [0.3, 0.4) is 0 Å². The van der Waals surface area contributed by atoms with Gasteiger partial charge in [-0.3, -0.25) is 0 Å². The molecule has 2 aromatic rings. The van der Waals surface area contributed by atoms with Gasteiger partial charge in [-0.25, -0.2) is 9.59 Å². The molecule has 0 aliphatic rings. The van der Waals surface area contributed by atoms with Crippen molar-refractivity contribution in [3.8, 4) is 5.75 Å². The average molecular weight is 463 g/mol. The molecule has 0 aromatic heterocycles. The fraction of sp³-hybridized carbons (Fsp3) is 0.481. The largest absolute Gasteiger partial charge is 0.482 e. The Hall–Kier alpha value is -3.02. The molecule has 6 heteroatoms. The fourth-order valence-electron chi connectivity index (χ4n) is 1.96. The minimum atomic E-state index is -0.541. The summed E-state index contributed by atoms with van der Waals surface area (Å²) in [6.45, 7) is 21.2. The van der Waals surface area contributed by atoms with Crippen LogP contribution in [0.1, 0.15) is 76.2 Å². The number of benzene rings is 2. The molecule has 6 nitrogen and oxygen atoms in total. The minimum Gasteiger partial charge on any atom is -0.482 e. The highest BCUT2D eigenvalue weighted by Crippen LogP contribution is 2.17. The molecule has 0 unspecified atom stereocenters. The molecular formula is C27H46N2O4. The third-order valence-electron chi connectivity index (χ3n) is 2.92. The summed E-state index contributed by atoms with van der Waals surface area (Å²) in [5.41, 5.74) is 0.774. The van der Waals surface area contributed by atoms with Crippen LogP contribution in [0.15, 0.2) is 54.6 Å². The van der Waals surface area contributed by atoms with Crippen molar-refractivity contribution in [1.82, 2.24) is 0 Å². The first-order valence-electron chi connectivity index (χ1n) is 11.9. The van der Waals surface area contributed by atoms with E-state index in [0.29, 0.717) is 17.1 Å². The monoisotopic (exact) mass is 462 g/mol. The Bertz CT molecular complexity index is 709. The van der Waals surface area contributed by atoms with Crippen LogP contribution >= 0.6 is 0 Å². The number of anilines is 2. The van der Waals surface area contributed by atoms with Gasteiger partial charge in [-0.1, -0.05) is 73.6 Å². The lowest BCUT2D eigenvalue weighted by Crippen LogP contribution is -2.27. The molecule has 0 aliphatic heterocycles. The molecule has 0 aliphatic carbocycles. The summed E-state index contributed by atoms with van der Waals surface area (Å²) < 4.78 is 10.5. The summed E-state index contributed by atoms with van der Waals surface area (Å²) in [4.78, 5) is 23.5. The van der Waals surface area contributed by atoms with Crippen molar-refractivity contribution in [2.24, 2.45) is 0 Å². The van der Waals surface area contributed by atoms with Crippen LogP contribution < -0.4 is 15.4 Å². The fourth-order valence-corrected chi connectivity index (χ4v) is 1.96. The molecule has 2 N–H and O–H groups in total. The zero-order chi connectivity index (χ0) is 26.3. The lowest BCUT2D eigenvalue weighted by Gasteiger charge is -2.19. The maximum atomic E-state index is 11.9. The number of hydrogen-bond donors (Lipinski definition) is 2. The number of carbonyl (C=O) groups is 2. The Morgan fingerprint density at radius 2 is 1.12 bits per heavy atom.